The molecule has 0 saturated heterocycles. The molecule has 2 unspecified atom stereocenters. The van der Waals surface area contributed by atoms with Crippen molar-refractivity contribution in [2.45, 2.75) is 12.2 Å². The predicted molar refractivity (Wildman–Crippen MR) is 77.1 cm³/mol. The molecule has 0 fully saturated rings. The number of halogens is 3. The fourth-order valence-electron chi connectivity index (χ4n) is 1.56. The lowest BCUT2D eigenvalue weighted by Gasteiger charge is -2.28. The molecule has 6 heteroatoms. The predicted octanol–water partition coefficient (Wildman–Crippen LogP) is 2.35. The molecular formula is C12H16Cl3NO2. The third-order valence-corrected chi connectivity index (χ3v) is 3.34. The molecule has 0 saturated carbocycles. The third-order valence-electron chi connectivity index (χ3n) is 2.39. The van der Waals surface area contributed by atoms with Crippen molar-refractivity contribution in [1.29, 1.82) is 0 Å². The fraction of sp³-hybridized carbons (Fsp3) is 0.500. The van der Waals surface area contributed by atoms with Crippen LogP contribution in [0.25, 0.3) is 0 Å². The van der Waals surface area contributed by atoms with E-state index in [4.69, 9.17) is 34.8 Å². The van der Waals surface area contributed by atoms with Gasteiger partial charge in [-0.05, 0) is 18.2 Å². The van der Waals surface area contributed by atoms with Gasteiger partial charge in [0.1, 0.15) is 0 Å². The van der Waals surface area contributed by atoms with Crippen LogP contribution in [0.4, 0.5) is 5.69 Å². The van der Waals surface area contributed by atoms with Gasteiger partial charge in [0.05, 0.1) is 24.0 Å². The first-order chi connectivity index (χ1) is 8.56. The molecule has 0 aliphatic carbocycles. The van der Waals surface area contributed by atoms with Crippen LogP contribution in [0.5, 0.6) is 0 Å². The maximum Gasteiger partial charge on any atom is 0.0850 e. The molecule has 2 atom stereocenters. The standard InChI is InChI=1S/C12H16Cl3NO2/c13-5-11(17)7-16(8-12(18)6-14)10-3-1-2-9(15)4-10/h1-4,11-12,17-18H,5-8H2. The highest BCUT2D eigenvalue weighted by Gasteiger charge is 2.15. The van der Waals surface area contributed by atoms with E-state index >= 15 is 0 Å². The highest BCUT2D eigenvalue weighted by Crippen LogP contribution is 2.20. The highest BCUT2D eigenvalue weighted by atomic mass is 35.5. The van der Waals surface area contributed by atoms with Crippen molar-refractivity contribution in [2.24, 2.45) is 0 Å². The maximum absolute atomic E-state index is 9.62. The molecule has 18 heavy (non-hydrogen) atoms. The van der Waals surface area contributed by atoms with E-state index in [-0.39, 0.29) is 11.8 Å². The number of anilines is 1. The zero-order chi connectivity index (χ0) is 13.5. The molecule has 2 N–H and O–H groups in total. The fourth-order valence-corrected chi connectivity index (χ4v) is 1.94. The lowest BCUT2D eigenvalue weighted by atomic mass is 10.2. The normalized spacial score (nSPS) is 14.3. The Kier molecular flexibility index (Phi) is 7.12. The average Bonchev–Trinajstić information content (AvgIpc) is 2.37. The van der Waals surface area contributed by atoms with E-state index in [0.29, 0.717) is 18.1 Å². The summed E-state index contributed by atoms with van der Waals surface area (Å²) >= 11 is 17.1. The first-order valence-corrected chi connectivity index (χ1v) is 7.00. The summed E-state index contributed by atoms with van der Waals surface area (Å²) in [6.45, 7) is 0.635. The minimum absolute atomic E-state index is 0.133. The summed E-state index contributed by atoms with van der Waals surface area (Å²) < 4.78 is 0. The van der Waals surface area contributed by atoms with Crippen LogP contribution in [0.2, 0.25) is 5.02 Å². The summed E-state index contributed by atoms with van der Waals surface area (Å²) in [6, 6.07) is 7.20. The average molecular weight is 313 g/mol. The number of alkyl halides is 2. The Morgan fingerprint density at radius 2 is 1.61 bits per heavy atom. The smallest absolute Gasteiger partial charge is 0.0850 e. The summed E-state index contributed by atoms with van der Waals surface area (Å²) in [5.41, 5.74) is 0.816. The topological polar surface area (TPSA) is 43.7 Å². The summed E-state index contributed by atoms with van der Waals surface area (Å²) in [7, 11) is 0. The molecule has 0 amide bonds. The van der Waals surface area contributed by atoms with Gasteiger partial charge in [-0.3, -0.25) is 0 Å². The van der Waals surface area contributed by atoms with Crippen molar-refractivity contribution in [3.63, 3.8) is 0 Å². The largest absolute Gasteiger partial charge is 0.390 e. The number of aliphatic hydroxyl groups excluding tert-OH is 2. The minimum atomic E-state index is -0.673. The summed E-state index contributed by atoms with van der Waals surface area (Å²) in [5.74, 6) is 0.266. The van der Waals surface area contributed by atoms with Crippen LogP contribution in [0, 0.1) is 0 Å². The molecule has 1 rings (SSSR count). The van der Waals surface area contributed by atoms with Crippen molar-refractivity contribution in [3.05, 3.63) is 29.3 Å². The lowest BCUT2D eigenvalue weighted by molar-refractivity contribution is 0.181. The van der Waals surface area contributed by atoms with E-state index in [1.165, 1.54) is 0 Å². The van der Waals surface area contributed by atoms with Crippen molar-refractivity contribution < 1.29 is 10.2 Å². The molecule has 0 aromatic heterocycles. The maximum atomic E-state index is 9.62. The van der Waals surface area contributed by atoms with Gasteiger partial charge in [-0.1, -0.05) is 17.7 Å². The monoisotopic (exact) mass is 311 g/mol. The second-order valence-corrected chi connectivity index (χ2v) is 5.05. The zero-order valence-electron chi connectivity index (χ0n) is 9.77. The van der Waals surface area contributed by atoms with Crippen LogP contribution >= 0.6 is 34.8 Å². The molecule has 0 heterocycles. The van der Waals surface area contributed by atoms with E-state index in [0.717, 1.165) is 5.69 Å². The molecule has 0 aliphatic heterocycles. The van der Waals surface area contributed by atoms with Crippen molar-refractivity contribution in [3.8, 4) is 0 Å². The van der Waals surface area contributed by atoms with Gasteiger partial charge in [-0.15, -0.1) is 23.2 Å². The number of benzene rings is 1. The number of aliphatic hydroxyl groups is 2. The van der Waals surface area contributed by atoms with Crippen molar-refractivity contribution in [1.82, 2.24) is 0 Å². The van der Waals surface area contributed by atoms with Crippen molar-refractivity contribution in [2.75, 3.05) is 29.7 Å². The van der Waals surface area contributed by atoms with Crippen LogP contribution in [0.15, 0.2) is 24.3 Å². The minimum Gasteiger partial charge on any atom is -0.390 e. The van der Waals surface area contributed by atoms with Gasteiger partial charge in [0.2, 0.25) is 0 Å². The van der Waals surface area contributed by atoms with E-state index in [9.17, 15) is 10.2 Å². The van der Waals surface area contributed by atoms with E-state index < -0.39 is 12.2 Å². The number of hydrogen-bond donors (Lipinski definition) is 2. The SMILES string of the molecule is OC(CCl)CN(CC(O)CCl)c1cccc(Cl)c1. The molecule has 0 spiro atoms. The van der Waals surface area contributed by atoms with E-state index in [1.807, 2.05) is 17.0 Å². The Morgan fingerprint density at radius 3 is 2.06 bits per heavy atom. The van der Waals surface area contributed by atoms with Gasteiger partial charge in [-0.25, -0.2) is 0 Å². The van der Waals surface area contributed by atoms with E-state index in [2.05, 4.69) is 0 Å². The summed E-state index contributed by atoms with van der Waals surface area (Å²) in [6.07, 6.45) is -1.35. The summed E-state index contributed by atoms with van der Waals surface area (Å²) in [4.78, 5) is 1.81. The van der Waals surface area contributed by atoms with Gasteiger partial charge in [0.25, 0.3) is 0 Å². The third kappa shape index (κ3) is 5.21. The number of rotatable bonds is 7. The lowest BCUT2D eigenvalue weighted by Crippen LogP contribution is -2.39. The second-order valence-electron chi connectivity index (χ2n) is 4.00. The molecule has 0 radical (unpaired) electrons. The van der Waals surface area contributed by atoms with Crippen LogP contribution in [0.3, 0.4) is 0 Å². The second kappa shape index (κ2) is 8.08. The quantitative estimate of drug-likeness (QED) is 0.760. The Morgan fingerprint density at radius 1 is 1.06 bits per heavy atom. The Hall–Kier alpha value is -0.190. The van der Waals surface area contributed by atoms with Gasteiger partial charge in [0, 0.05) is 23.8 Å². The molecule has 0 bridgehead atoms. The molecule has 0 aliphatic rings. The molecule has 1 aromatic carbocycles. The molecule has 102 valence electrons. The van der Waals surface area contributed by atoms with Crippen LogP contribution in [-0.4, -0.2) is 47.3 Å². The molecule has 3 nitrogen and oxygen atoms in total. The van der Waals surface area contributed by atoms with E-state index in [1.54, 1.807) is 12.1 Å². The Balaban J connectivity index is 2.82. The van der Waals surface area contributed by atoms with Crippen molar-refractivity contribution >= 4 is 40.5 Å². The Labute approximate surface area is 122 Å². The molecular weight excluding hydrogens is 296 g/mol. The van der Waals surface area contributed by atoms with Crippen LogP contribution in [-0.2, 0) is 0 Å². The van der Waals surface area contributed by atoms with Crippen LogP contribution < -0.4 is 4.90 Å². The first-order valence-electron chi connectivity index (χ1n) is 5.55. The van der Waals surface area contributed by atoms with Gasteiger partial charge in [-0.2, -0.15) is 0 Å². The van der Waals surface area contributed by atoms with Gasteiger partial charge in [0.15, 0.2) is 0 Å². The first kappa shape index (κ1) is 15.9. The number of nitrogens with zero attached hydrogens (tertiary/aromatic N) is 1. The molecule has 1 aromatic rings. The summed E-state index contributed by atoms with van der Waals surface area (Å²) in [5, 5.41) is 19.8. The zero-order valence-corrected chi connectivity index (χ0v) is 12.0. The Bertz CT molecular complexity index is 353. The highest BCUT2D eigenvalue weighted by molar-refractivity contribution is 6.30. The van der Waals surface area contributed by atoms with Crippen LogP contribution in [0.1, 0.15) is 0 Å². The van der Waals surface area contributed by atoms with Gasteiger partial charge >= 0.3 is 0 Å². The van der Waals surface area contributed by atoms with Gasteiger partial charge < -0.3 is 15.1 Å². The number of hydrogen-bond acceptors (Lipinski definition) is 3.